The van der Waals surface area contributed by atoms with Crippen molar-refractivity contribution >= 4 is 57.0 Å². The largest absolute Gasteiger partial charge is 0.417 e. The van der Waals surface area contributed by atoms with Gasteiger partial charge < -0.3 is 5.32 Å². The number of aliphatic imine (C=N–C) groups is 1. The highest BCUT2D eigenvalue weighted by Crippen LogP contribution is 2.37. The van der Waals surface area contributed by atoms with E-state index in [0.717, 1.165) is 40.2 Å². The van der Waals surface area contributed by atoms with Crippen LogP contribution in [0.3, 0.4) is 0 Å². The van der Waals surface area contributed by atoms with Gasteiger partial charge in [-0.15, -0.1) is 0 Å². The number of halogens is 4. The Morgan fingerprint density at radius 3 is 2.59 bits per heavy atom. The Labute approximate surface area is 173 Å². The van der Waals surface area contributed by atoms with E-state index < -0.39 is 16.8 Å². The number of amidine groups is 1. The van der Waals surface area contributed by atoms with Crippen LogP contribution in [0.25, 0.3) is 16.8 Å². The van der Waals surface area contributed by atoms with Crippen LogP contribution >= 0.6 is 23.4 Å². The molecular formula is C21H12ClF3N2OS. The number of nitrogens with one attached hydrogen (secondary N) is 1. The average molecular weight is 433 g/mol. The molecule has 0 saturated carbocycles. The zero-order chi connectivity index (χ0) is 20.6. The Kier molecular flexibility index (Phi) is 5.10. The van der Waals surface area contributed by atoms with Gasteiger partial charge in [0.05, 0.1) is 21.2 Å². The van der Waals surface area contributed by atoms with Gasteiger partial charge in [-0.05, 0) is 52.4 Å². The standard InChI is InChI=1S/C21H12ClF3N2OS/c22-17-9-8-14(11-16(17)21(23,24)25)26-20-27-19(28)18(29-20)10-13-6-3-5-12-4-1-2-7-15(12)13/h1-11H,(H,26,27,28)/b18-10+. The molecule has 0 bridgehead atoms. The molecule has 0 unspecified atom stereocenters. The number of hydrogen-bond donors (Lipinski definition) is 1. The lowest BCUT2D eigenvalue weighted by molar-refractivity contribution is -0.137. The van der Waals surface area contributed by atoms with Crippen molar-refractivity contribution in [1.29, 1.82) is 0 Å². The van der Waals surface area contributed by atoms with E-state index in [0.29, 0.717) is 4.91 Å². The van der Waals surface area contributed by atoms with E-state index in [1.54, 1.807) is 6.08 Å². The molecule has 1 heterocycles. The smallest absolute Gasteiger partial charge is 0.300 e. The molecule has 1 saturated heterocycles. The van der Waals surface area contributed by atoms with E-state index in [1.165, 1.54) is 6.07 Å². The Balaban J connectivity index is 1.65. The number of hydrogen-bond acceptors (Lipinski definition) is 3. The topological polar surface area (TPSA) is 41.5 Å². The molecule has 0 spiro atoms. The molecular weight excluding hydrogens is 421 g/mol. The molecule has 1 fully saturated rings. The molecule has 0 aromatic heterocycles. The van der Waals surface area contributed by atoms with E-state index in [2.05, 4.69) is 10.3 Å². The first-order valence-electron chi connectivity index (χ1n) is 8.45. The fraction of sp³-hybridized carbons (Fsp3) is 0.0476. The molecule has 4 rings (SSSR count). The van der Waals surface area contributed by atoms with Crippen LogP contribution in [-0.2, 0) is 11.0 Å². The van der Waals surface area contributed by atoms with Crippen LogP contribution in [0.15, 0.2) is 70.6 Å². The van der Waals surface area contributed by atoms with Gasteiger partial charge >= 0.3 is 6.18 Å². The van der Waals surface area contributed by atoms with Crippen molar-refractivity contribution in [3.8, 4) is 0 Å². The molecule has 146 valence electrons. The van der Waals surface area contributed by atoms with Crippen molar-refractivity contribution in [2.75, 3.05) is 0 Å². The normalized spacial score (nSPS) is 17.3. The quantitative estimate of drug-likeness (QED) is 0.476. The summed E-state index contributed by atoms with van der Waals surface area (Å²) in [5, 5.41) is 4.42. The molecule has 3 nitrogen and oxygen atoms in total. The summed E-state index contributed by atoms with van der Waals surface area (Å²) in [5.74, 6) is -0.355. The van der Waals surface area contributed by atoms with E-state index in [9.17, 15) is 18.0 Å². The average Bonchev–Trinajstić information content (AvgIpc) is 3.01. The Bertz CT molecular complexity index is 1180. The summed E-state index contributed by atoms with van der Waals surface area (Å²) in [6.07, 6.45) is -2.84. The fourth-order valence-corrected chi connectivity index (χ4v) is 3.97. The second-order valence-electron chi connectivity index (χ2n) is 6.21. The van der Waals surface area contributed by atoms with Gasteiger partial charge in [0.15, 0.2) is 5.17 Å². The van der Waals surface area contributed by atoms with Gasteiger partial charge in [-0.3, -0.25) is 4.79 Å². The number of thioether (sulfide) groups is 1. The first-order valence-corrected chi connectivity index (χ1v) is 9.65. The third kappa shape index (κ3) is 4.16. The summed E-state index contributed by atoms with van der Waals surface area (Å²) >= 11 is 6.70. The number of carbonyl (C=O) groups excluding carboxylic acids is 1. The lowest BCUT2D eigenvalue weighted by Crippen LogP contribution is -2.19. The summed E-state index contributed by atoms with van der Waals surface area (Å²) in [4.78, 5) is 16.8. The number of nitrogens with zero attached hydrogens (tertiary/aromatic N) is 1. The second kappa shape index (κ2) is 7.57. The third-order valence-corrected chi connectivity index (χ3v) is 5.49. The van der Waals surface area contributed by atoms with E-state index in [-0.39, 0.29) is 16.8 Å². The first-order chi connectivity index (χ1) is 13.8. The third-order valence-electron chi connectivity index (χ3n) is 4.25. The van der Waals surface area contributed by atoms with Crippen LogP contribution < -0.4 is 5.32 Å². The lowest BCUT2D eigenvalue weighted by atomic mass is 10.0. The van der Waals surface area contributed by atoms with Crippen molar-refractivity contribution in [2.24, 2.45) is 4.99 Å². The number of carbonyl (C=O) groups is 1. The highest BCUT2D eigenvalue weighted by atomic mass is 35.5. The second-order valence-corrected chi connectivity index (χ2v) is 7.65. The highest BCUT2D eigenvalue weighted by Gasteiger charge is 2.33. The van der Waals surface area contributed by atoms with Gasteiger partial charge in [-0.1, -0.05) is 54.1 Å². The number of rotatable bonds is 2. The van der Waals surface area contributed by atoms with Crippen molar-refractivity contribution in [2.45, 2.75) is 6.18 Å². The zero-order valence-electron chi connectivity index (χ0n) is 14.6. The van der Waals surface area contributed by atoms with E-state index in [4.69, 9.17) is 11.6 Å². The Hall–Kier alpha value is -2.77. The molecule has 8 heteroatoms. The van der Waals surface area contributed by atoms with E-state index >= 15 is 0 Å². The molecule has 1 aliphatic rings. The highest BCUT2D eigenvalue weighted by molar-refractivity contribution is 8.18. The molecule has 0 atom stereocenters. The maximum atomic E-state index is 13.0. The van der Waals surface area contributed by atoms with Gasteiger partial charge in [0.25, 0.3) is 5.91 Å². The molecule has 1 amide bonds. The molecule has 1 aliphatic heterocycles. The number of amides is 1. The maximum absolute atomic E-state index is 13.0. The van der Waals surface area contributed by atoms with Gasteiger partial charge in [0.1, 0.15) is 0 Å². The number of fused-ring (bicyclic) bond motifs is 1. The predicted molar refractivity (Wildman–Crippen MR) is 111 cm³/mol. The van der Waals surface area contributed by atoms with Crippen LogP contribution in [-0.4, -0.2) is 11.1 Å². The lowest BCUT2D eigenvalue weighted by Gasteiger charge is -2.09. The van der Waals surface area contributed by atoms with Crippen LogP contribution in [0.2, 0.25) is 5.02 Å². The molecule has 0 radical (unpaired) electrons. The summed E-state index contributed by atoms with van der Waals surface area (Å²) < 4.78 is 39.1. The number of alkyl halides is 3. The maximum Gasteiger partial charge on any atom is 0.417 e. The molecule has 3 aromatic rings. The summed E-state index contributed by atoms with van der Waals surface area (Å²) in [7, 11) is 0. The summed E-state index contributed by atoms with van der Waals surface area (Å²) in [6.45, 7) is 0. The molecule has 0 aliphatic carbocycles. The van der Waals surface area contributed by atoms with Crippen LogP contribution in [0.4, 0.5) is 18.9 Å². The van der Waals surface area contributed by atoms with Crippen molar-refractivity contribution < 1.29 is 18.0 Å². The molecule has 29 heavy (non-hydrogen) atoms. The van der Waals surface area contributed by atoms with Gasteiger partial charge in [-0.25, -0.2) is 4.99 Å². The monoisotopic (exact) mass is 432 g/mol. The first kappa shape index (κ1) is 19.5. The van der Waals surface area contributed by atoms with Crippen molar-refractivity contribution in [3.05, 3.63) is 81.7 Å². The zero-order valence-corrected chi connectivity index (χ0v) is 16.2. The minimum Gasteiger partial charge on any atom is -0.300 e. The molecule has 1 N–H and O–H groups in total. The Morgan fingerprint density at radius 1 is 1.03 bits per heavy atom. The van der Waals surface area contributed by atoms with Crippen molar-refractivity contribution in [3.63, 3.8) is 0 Å². The van der Waals surface area contributed by atoms with Crippen LogP contribution in [0, 0.1) is 0 Å². The summed E-state index contributed by atoms with van der Waals surface area (Å²) in [6, 6.07) is 16.9. The summed E-state index contributed by atoms with van der Waals surface area (Å²) in [5.41, 5.74) is -0.0503. The van der Waals surface area contributed by atoms with Gasteiger partial charge in [0, 0.05) is 0 Å². The predicted octanol–water partition coefficient (Wildman–Crippen LogP) is 6.40. The van der Waals surface area contributed by atoms with E-state index in [1.807, 2.05) is 42.5 Å². The fourth-order valence-electron chi connectivity index (χ4n) is 2.92. The molecule has 3 aromatic carbocycles. The number of benzene rings is 3. The SMILES string of the molecule is O=C1NC(=Nc2ccc(Cl)c(C(F)(F)F)c2)S/C1=C/c1cccc2ccccc12. The minimum absolute atomic E-state index is 0.0518. The van der Waals surface area contributed by atoms with Crippen molar-refractivity contribution in [1.82, 2.24) is 5.32 Å². The minimum atomic E-state index is -4.58. The van der Waals surface area contributed by atoms with Crippen LogP contribution in [0.5, 0.6) is 0 Å². The van der Waals surface area contributed by atoms with Gasteiger partial charge in [-0.2, -0.15) is 13.2 Å². The van der Waals surface area contributed by atoms with Gasteiger partial charge in [0.2, 0.25) is 0 Å². The Morgan fingerprint density at radius 2 is 1.79 bits per heavy atom. The van der Waals surface area contributed by atoms with Crippen LogP contribution in [0.1, 0.15) is 11.1 Å².